The van der Waals surface area contributed by atoms with Crippen LogP contribution in [0.4, 0.5) is 0 Å². The van der Waals surface area contributed by atoms with Gasteiger partial charge in [0.15, 0.2) is 5.16 Å². The zero-order valence-corrected chi connectivity index (χ0v) is 10.9. The summed E-state index contributed by atoms with van der Waals surface area (Å²) in [5.74, 6) is -0.364. The van der Waals surface area contributed by atoms with Crippen molar-refractivity contribution in [2.45, 2.75) is 18.1 Å². The number of aromatic amines is 1. The normalized spacial score (nSPS) is 10.8. The van der Waals surface area contributed by atoms with Gasteiger partial charge in [-0.15, -0.1) is 15.3 Å². The Balaban J connectivity index is 2.07. The van der Waals surface area contributed by atoms with Gasteiger partial charge in [-0.3, -0.25) is 9.36 Å². The number of hydrogen-bond acceptors (Lipinski definition) is 6. The average Bonchev–Trinajstić information content (AvgIpc) is 2.91. The number of carbonyl (C=O) groups is 1. The highest BCUT2D eigenvalue weighted by atomic mass is 32.2. The van der Waals surface area contributed by atoms with Gasteiger partial charge in [-0.05, 0) is 0 Å². The average molecular weight is 284 g/mol. The zero-order chi connectivity index (χ0) is 13.8. The van der Waals surface area contributed by atoms with Crippen molar-refractivity contribution in [3.05, 3.63) is 22.6 Å². The Kier molecular flexibility index (Phi) is 4.00. The van der Waals surface area contributed by atoms with Crippen LogP contribution >= 0.6 is 11.8 Å². The summed E-state index contributed by atoms with van der Waals surface area (Å²) < 4.78 is 3.15. The Morgan fingerprint density at radius 3 is 3.00 bits per heavy atom. The molecule has 0 atom stereocenters. The number of carboxylic acid groups (broad SMARTS) is 1. The van der Waals surface area contributed by atoms with Gasteiger partial charge >= 0.3 is 11.7 Å². The maximum Gasteiger partial charge on any atom is 0.343 e. The van der Waals surface area contributed by atoms with Crippen molar-refractivity contribution >= 4 is 17.7 Å². The predicted octanol–water partition coefficient (Wildman–Crippen LogP) is -0.881. The minimum absolute atomic E-state index is 0.145. The molecule has 0 amide bonds. The molecule has 0 fully saturated rings. The van der Waals surface area contributed by atoms with Crippen molar-refractivity contribution in [1.82, 2.24) is 29.5 Å². The van der Waals surface area contributed by atoms with E-state index in [4.69, 9.17) is 5.11 Å². The van der Waals surface area contributed by atoms with Crippen LogP contribution in [0.5, 0.6) is 0 Å². The van der Waals surface area contributed by atoms with E-state index in [2.05, 4.69) is 20.4 Å². The number of hydrogen-bond donors (Lipinski definition) is 2. The minimum Gasteiger partial charge on any atom is -0.481 e. The molecule has 2 aromatic heterocycles. The van der Waals surface area contributed by atoms with Gasteiger partial charge < -0.3 is 9.67 Å². The molecule has 0 aliphatic heterocycles. The summed E-state index contributed by atoms with van der Waals surface area (Å²) in [6, 6.07) is 0. The second-order valence-corrected chi connectivity index (χ2v) is 4.70. The third kappa shape index (κ3) is 3.22. The van der Waals surface area contributed by atoms with Crippen molar-refractivity contribution in [1.29, 1.82) is 0 Å². The summed E-state index contributed by atoms with van der Waals surface area (Å²) in [4.78, 5) is 22.1. The number of aryl methyl sites for hydroxylation is 2. The van der Waals surface area contributed by atoms with Gasteiger partial charge in [-0.2, -0.15) is 0 Å². The summed E-state index contributed by atoms with van der Waals surface area (Å²) in [5, 5.41) is 22.7. The van der Waals surface area contributed by atoms with E-state index in [0.29, 0.717) is 18.1 Å². The second kappa shape index (κ2) is 5.69. The second-order valence-electron chi connectivity index (χ2n) is 3.75. The molecule has 2 rings (SSSR count). The van der Waals surface area contributed by atoms with Crippen LogP contribution < -0.4 is 5.69 Å². The van der Waals surface area contributed by atoms with Crippen LogP contribution in [0.15, 0.2) is 16.3 Å². The molecule has 10 heteroatoms. The van der Waals surface area contributed by atoms with Gasteiger partial charge in [0.25, 0.3) is 0 Å². The minimum atomic E-state index is -0.958. The molecule has 0 bridgehead atoms. The molecular weight excluding hydrogens is 272 g/mol. The Hall–Kier alpha value is -2.10. The number of rotatable bonds is 6. The van der Waals surface area contributed by atoms with E-state index in [1.165, 1.54) is 4.57 Å². The third-order valence-electron chi connectivity index (χ3n) is 2.41. The van der Waals surface area contributed by atoms with E-state index in [9.17, 15) is 9.59 Å². The van der Waals surface area contributed by atoms with Gasteiger partial charge in [0.2, 0.25) is 0 Å². The largest absolute Gasteiger partial charge is 0.481 e. The molecule has 19 heavy (non-hydrogen) atoms. The summed E-state index contributed by atoms with van der Waals surface area (Å²) in [7, 11) is 1.81. The molecule has 9 nitrogen and oxygen atoms in total. The molecule has 2 aromatic rings. The van der Waals surface area contributed by atoms with E-state index >= 15 is 0 Å². The lowest BCUT2D eigenvalue weighted by Gasteiger charge is -2.04. The molecule has 0 unspecified atom stereocenters. The van der Waals surface area contributed by atoms with Crippen molar-refractivity contribution in [3.8, 4) is 0 Å². The molecule has 0 radical (unpaired) electrons. The highest BCUT2D eigenvalue weighted by molar-refractivity contribution is 7.99. The molecule has 0 aliphatic carbocycles. The molecular formula is C9H12N6O3S. The van der Waals surface area contributed by atoms with E-state index in [-0.39, 0.29) is 11.4 Å². The highest BCUT2D eigenvalue weighted by Gasteiger charge is 2.11. The maximum atomic E-state index is 11.6. The van der Waals surface area contributed by atoms with Crippen LogP contribution in [-0.4, -0.2) is 46.4 Å². The molecule has 0 aromatic carbocycles. The summed E-state index contributed by atoms with van der Waals surface area (Å²) in [6.45, 7) is 0.365. The molecule has 0 saturated carbocycles. The fraction of sp³-hybridized carbons (Fsp3) is 0.444. The standard InChI is InChI=1S/C9H12N6O3S/c1-14-5-10-11-6(14)2-3-15-8(18)12-13-9(15)19-4-7(16)17/h5H,2-4H2,1H3,(H,12,18)(H,16,17). The van der Waals surface area contributed by atoms with Crippen LogP contribution in [0.3, 0.4) is 0 Å². The van der Waals surface area contributed by atoms with Crippen LogP contribution in [0.2, 0.25) is 0 Å². The molecule has 0 saturated heterocycles. The first-order valence-corrected chi connectivity index (χ1v) is 6.39. The van der Waals surface area contributed by atoms with Crippen molar-refractivity contribution in [2.24, 2.45) is 7.05 Å². The maximum absolute atomic E-state index is 11.6. The number of aromatic nitrogens is 6. The van der Waals surface area contributed by atoms with E-state index in [0.717, 1.165) is 17.6 Å². The fourth-order valence-electron chi connectivity index (χ4n) is 1.48. The molecule has 2 N–H and O–H groups in total. The Bertz CT molecular complexity index is 630. The molecule has 0 aliphatic rings. The lowest BCUT2D eigenvalue weighted by molar-refractivity contribution is -0.133. The molecule has 102 valence electrons. The first kappa shape index (κ1) is 13.3. The van der Waals surface area contributed by atoms with Crippen LogP contribution in [-0.2, 0) is 24.8 Å². The van der Waals surface area contributed by atoms with Gasteiger partial charge in [0.05, 0.1) is 5.75 Å². The molecule has 0 spiro atoms. The SMILES string of the molecule is Cn1cnnc1CCn1c(SCC(=O)O)n[nH]c1=O. The summed E-state index contributed by atoms with van der Waals surface area (Å²) in [6.07, 6.45) is 2.09. The van der Waals surface area contributed by atoms with Gasteiger partial charge in [-0.1, -0.05) is 11.8 Å². The lowest BCUT2D eigenvalue weighted by atomic mass is 10.4. The first-order valence-electron chi connectivity index (χ1n) is 5.40. The number of H-pyrrole nitrogens is 1. The predicted molar refractivity (Wildman–Crippen MR) is 65.9 cm³/mol. The van der Waals surface area contributed by atoms with Gasteiger partial charge in [0, 0.05) is 20.0 Å². The van der Waals surface area contributed by atoms with E-state index in [1.54, 1.807) is 10.9 Å². The van der Waals surface area contributed by atoms with E-state index < -0.39 is 5.97 Å². The summed E-state index contributed by atoms with van der Waals surface area (Å²) in [5.41, 5.74) is -0.366. The number of nitrogens with zero attached hydrogens (tertiary/aromatic N) is 5. The number of thioether (sulfide) groups is 1. The topological polar surface area (TPSA) is 119 Å². The molecule has 2 heterocycles. The van der Waals surface area contributed by atoms with Gasteiger partial charge in [-0.25, -0.2) is 9.89 Å². The Morgan fingerprint density at radius 2 is 2.37 bits per heavy atom. The smallest absolute Gasteiger partial charge is 0.343 e. The quantitative estimate of drug-likeness (QED) is 0.661. The zero-order valence-electron chi connectivity index (χ0n) is 10.1. The number of nitrogens with one attached hydrogen (secondary N) is 1. The number of aliphatic carboxylic acids is 1. The van der Waals surface area contributed by atoms with Crippen molar-refractivity contribution < 1.29 is 9.90 Å². The summed E-state index contributed by atoms with van der Waals surface area (Å²) >= 11 is 0.996. The van der Waals surface area contributed by atoms with Crippen LogP contribution in [0, 0.1) is 0 Å². The van der Waals surface area contributed by atoms with Crippen molar-refractivity contribution in [3.63, 3.8) is 0 Å². The first-order chi connectivity index (χ1) is 9.08. The fourth-order valence-corrected chi connectivity index (χ4v) is 2.17. The van der Waals surface area contributed by atoms with Crippen LogP contribution in [0.25, 0.3) is 0 Å². The van der Waals surface area contributed by atoms with Crippen LogP contribution in [0.1, 0.15) is 5.82 Å². The third-order valence-corrected chi connectivity index (χ3v) is 3.37. The Labute approximate surface area is 111 Å². The Morgan fingerprint density at radius 1 is 1.58 bits per heavy atom. The van der Waals surface area contributed by atoms with E-state index in [1.807, 2.05) is 7.05 Å². The lowest BCUT2D eigenvalue weighted by Crippen LogP contribution is -2.20. The van der Waals surface area contributed by atoms with Gasteiger partial charge in [0.1, 0.15) is 12.2 Å². The van der Waals surface area contributed by atoms with Crippen molar-refractivity contribution in [2.75, 3.05) is 5.75 Å². The number of carboxylic acids is 1. The highest BCUT2D eigenvalue weighted by Crippen LogP contribution is 2.12. The monoisotopic (exact) mass is 284 g/mol.